The number of aryl methyl sites for hydroxylation is 1. The highest BCUT2D eigenvalue weighted by atomic mass is 19.4. The van der Waals surface area contributed by atoms with Crippen molar-refractivity contribution >= 4 is 5.97 Å². The fourth-order valence-electron chi connectivity index (χ4n) is 2.40. The Morgan fingerprint density at radius 1 is 1.38 bits per heavy atom. The number of esters is 1. The molecule has 1 fully saturated rings. The second-order valence-corrected chi connectivity index (χ2v) is 4.92. The third-order valence-electron chi connectivity index (χ3n) is 3.41. The number of alkyl halides is 3. The molecule has 1 saturated carbocycles. The van der Waals surface area contributed by atoms with E-state index in [0.29, 0.717) is 12.8 Å². The van der Waals surface area contributed by atoms with Gasteiger partial charge in [0.25, 0.3) is 5.56 Å². The van der Waals surface area contributed by atoms with Crippen LogP contribution in [0.1, 0.15) is 30.9 Å². The fraction of sp³-hybridized carbons (Fsp3) is 0.583. The van der Waals surface area contributed by atoms with Crippen LogP contribution in [0.25, 0.3) is 0 Å². The number of hydrogen-bond donors (Lipinski definition) is 1. The van der Waals surface area contributed by atoms with Gasteiger partial charge in [0, 0.05) is 11.8 Å². The Bertz CT molecular complexity index is 662. The molecule has 0 amide bonds. The van der Waals surface area contributed by atoms with Gasteiger partial charge in [-0.1, -0.05) is 0 Å². The summed E-state index contributed by atoms with van der Waals surface area (Å²) in [4.78, 5) is 36.0. The summed E-state index contributed by atoms with van der Waals surface area (Å²) >= 11 is 0. The van der Waals surface area contributed by atoms with Crippen LogP contribution in [-0.2, 0) is 9.53 Å². The van der Waals surface area contributed by atoms with E-state index in [4.69, 9.17) is 0 Å². The maximum absolute atomic E-state index is 12.2. The molecular weight excluding hydrogens is 293 g/mol. The van der Waals surface area contributed by atoms with Gasteiger partial charge < -0.3 is 4.74 Å². The predicted molar refractivity (Wildman–Crippen MR) is 64.9 cm³/mol. The van der Waals surface area contributed by atoms with E-state index < -0.39 is 35.5 Å². The van der Waals surface area contributed by atoms with Crippen LogP contribution in [0.5, 0.6) is 0 Å². The van der Waals surface area contributed by atoms with E-state index in [0.717, 1.165) is 4.57 Å². The molecule has 6 nitrogen and oxygen atoms in total. The number of halogens is 3. The van der Waals surface area contributed by atoms with Gasteiger partial charge in [-0.3, -0.25) is 14.3 Å². The van der Waals surface area contributed by atoms with Crippen LogP contribution < -0.4 is 11.2 Å². The first-order valence-electron chi connectivity index (χ1n) is 6.30. The molecule has 2 rings (SSSR count). The lowest BCUT2D eigenvalue weighted by Crippen LogP contribution is -2.38. The number of nitrogens with one attached hydrogen (secondary N) is 1. The molecule has 9 heteroatoms. The molecule has 2 atom stereocenters. The van der Waals surface area contributed by atoms with E-state index in [2.05, 4.69) is 9.72 Å². The van der Waals surface area contributed by atoms with Gasteiger partial charge in [-0.2, -0.15) is 13.2 Å². The van der Waals surface area contributed by atoms with Crippen LogP contribution in [0.15, 0.2) is 15.8 Å². The zero-order chi connectivity index (χ0) is 15.8. The Morgan fingerprint density at radius 3 is 2.67 bits per heavy atom. The van der Waals surface area contributed by atoms with E-state index in [1.807, 2.05) is 0 Å². The molecule has 0 bridgehead atoms. The summed E-state index contributed by atoms with van der Waals surface area (Å²) in [6.45, 7) is 1.47. The van der Waals surface area contributed by atoms with E-state index in [1.54, 1.807) is 0 Å². The van der Waals surface area contributed by atoms with Gasteiger partial charge in [0.05, 0.1) is 6.04 Å². The lowest BCUT2D eigenvalue weighted by Gasteiger charge is -2.22. The Kier molecular flexibility index (Phi) is 3.93. The van der Waals surface area contributed by atoms with Gasteiger partial charge >= 0.3 is 17.8 Å². The molecule has 0 radical (unpaired) electrons. The van der Waals surface area contributed by atoms with Crippen LogP contribution in [0.2, 0.25) is 0 Å². The van der Waals surface area contributed by atoms with Crippen molar-refractivity contribution in [2.45, 2.75) is 44.5 Å². The van der Waals surface area contributed by atoms with E-state index in [9.17, 15) is 27.6 Å². The minimum absolute atomic E-state index is 0.233. The highest BCUT2D eigenvalue weighted by Crippen LogP contribution is 2.33. The van der Waals surface area contributed by atoms with Crippen LogP contribution in [0, 0.1) is 6.92 Å². The van der Waals surface area contributed by atoms with Crippen molar-refractivity contribution in [3.8, 4) is 0 Å². The Balaban J connectivity index is 2.27. The summed E-state index contributed by atoms with van der Waals surface area (Å²) in [7, 11) is 0. The molecule has 1 heterocycles. The quantitative estimate of drug-likeness (QED) is 0.828. The normalized spacial score (nSPS) is 22.3. The molecule has 2 unspecified atom stereocenters. The third kappa shape index (κ3) is 3.17. The highest BCUT2D eigenvalue weighted by Gasteiger charge is 2.44. The molecule has 0 saturated heterocycles. The van der Waals surface area contributed by atoms with Gasteiger partial charge in [-0.05, 0) is 26.2 Å². The standard InChI is InChI=1S/C12H13F3N2O4/c1-6-5-17(11(20)16-9(6)18)7-3-2-4-8(7)21-10(19)12(13,14)15/h5,7-8H,2-4H2,1H3,(H,16,18,20). The molecule has 0 aliphatic heterocycles. The lowest BCUT2D eigenvalue weighted by atomic mass is 10.2. The maximum Gasteiger partial charge on any atom is 0.490 e. The van der Waals surface area contributed by atoms with Gasteiger partial charge in [-0.15, -0.1) is 0 Å². The summed E-state index contributed by atoms with van der Waals surface area (Å²) in [5.74, 6) is -2.27. The molecule has 1 aromatic heterocycles. The van der Waals surface area contributed by atoms with Crippen molar-refractivity contribution < 1.29 is 22.7 Å². The topological polar surface area (TPSA) is 81.2 Å². The van der Waals surface area contributed by atoms with E-state index in [-0.39, 0.29) is 12.0 Å². The first kappa shape index (κ1) is 15.3. The number of carbonyl (C=O) groups is 1. The van der Waals surface area contributed by atoms with Crippen molar-refractivity contribution in [2.75, 3.05) is 0 Å². The number of aromatic nitrogens is 2. The molecule has 1 N–H and O–H groups in total. The second kappa shape index (κ2) is 5.38. The van der Waals surface area contributed by atoms with Crippen LogP contribution in [-0.4, -0.2) is 27.8 Å². The summed E-state index contributed by atoms with van der Waals surface area (Å²) < 4.78 is 42.3. The monoisotopic (exact) mass is 306 g/mol. The number of aromatic amines is 1. The maximum atomic E-state index is 12.2. The summed E-state index contributed by atoms with van der Waals surface area (Å²) in [5, 5.41) is 0. The van der Waals surface area contributed by atoms with Crippen LogP contribution >= 0.6 is 0 Å². The Morgan fingerprint density at radius 2 is 2.05 bits per heavy atom. The summed E-state index contributed by atoms with van der Waals surface area (Å²) in [6.07, 6.45) is -3.70. The predicted octanol–water partition coefficient (Wildman–Crippen LogP) is 1.04. The molecule has 21 heavy (non-hydrogen) atoms. The molecular formula is C12H13F3N2O4. The van der Waals surface area contributed by atoms with Gasteiger partial charge in [0.1, 0.15) is 6.10 Å². The fourth-order valence-corrected chi connectivity index (χ4v) is 2.40. The smallest absolute Gasteiger partial charge is 0.454 e. The number of ether oxygens (including phenoxy) is 1. The summed E-state index contributed by atoms with van der Waals surface area (Å²) in [5.41, 5.74) is -1.04. The van der Waals surface area contributed by atoms with Crippen LogP contribution in [0.3, 0.4) is 0 Å². The first-order valence-corrected chi connectivity index (χ1v) is 6.30. The van der Waals surface area contributed by atoms with Crippen molar-refractivity contribution in [1.82, 2.24) is 9.55 Å². The number of H-pyrrole nitrogens is 1. The minimum Gasteiger partial charge on any atom is -0.454 e. The number of nitrogens with zero attached hydrogens (tertiary/aromatic N) is 1. The third-order valence-corrected chi connectivity index (χ3v) is 3.41. The average molecular weight is 306 g/mol. The number of carbonyl (C=O) groups excluding carboxylic acids is 1. The SMILES string of the molecule is Cc1cn(C2CCCC2OC(=O)C(F)(F)F)c(=O)[nH]c1=O. The van der Waals surface area contributed by atoms with E-state index in [1.165, 1.54) is 13.1 Å². The molecule has 1 aliphatic rings. The van der Waals surface area contributed by atoms with Crippen LogP contribution in [0.4, 0.5) is 13.2 Å². The molecule has 0 aromatic carbocycles. The molecule has 1 aromatic rings. The summed E-state index contributed by atoms with van der Waals surface area (Å²) in [6, 6.07) is -0.709. The van der Waals surface area contributed by atoms with Crippen molar-refractivity contribution in [1.29, 1.82) is 0 Å². The largest absolute Gasteiger partial charge is 0.490 e. The van der Waals surface area contributed by atoms with Crippen molar-refractivity contribution in [2.24, 2.45) is 0 Å². The van der Waals surface area contributed by atoms with Gasteiger partial charge in [-0.25, -0.2) is 9.59 Å². The zero-order valence-corrected chi connectivity index (χ0v) is 11.1. The number of hydrogen-bond acceptors (Lipinski definition) is 4. The Hall–Kier alpha value is -2.06. The molecule has 116 valence electrons. The molecule has 0 spiro atoms. The molecule has 1 aliphatic carbocycles. The lowest BCUT2D eigenvalue weighted by molar-refractivity contribution is -0.206. The minimum atomic E-state index is -5.07. The second-order valence-electron chi connectivity index (χ2n) is 4.92. The zero-order valence-electron chi connectivity index (χ0n) is 11.1. The van der Waals surface area contributed by atoms with Gasteiger partial charge in [0.15, 0.2) is 0 Å². The van der Waals surface area contributed by atoms with Gasteiger partial charge in [0.2, 0.25) is 0 Å². The highest BCUT2D eigenvalue weighted by molar-refractivity contribution is 5.75. The van der Waals surface area contributed by atoms with Crippen molar-refractivity contribution in [3.63, 3.8) is 0 Å². The average Bonchev–Trinajstić information content (AvgIpc) is 2.80. The Labute approximate surface area is 116 Å². The first-order chi connectivity index (χ1) is 9.70. The van der Waals surface area contributed by atoms with Crippen molar-refractivity contribution in [3.05, 3.63) is 32.6 Å². The van der Waals surface area contributed by atoms with E-state index >= 15 is 0 Å². The number of rotatable bonds is 2.